The first-order valence-electron chi connectivity index (χ1n) is 7.08. The molecule has 0 aliphatic heterocycles. The maximum Gasteiger partial charge on any atom is 0.315 e. The molecular formula is C16H17F2N3O2. The van der Waals surface area contributed by atoms with E-state index in [2.05, 4.69) is 15.6 Å². The predicted octanol–water partition coefficient (Wildman–Crippen LogP) is 2.80. The molecule has 0 unspecified atom stereocenters. The third kappa shape index (κ3) is 5.21. The molecule has 2 N–H and O–H groups in total. The van der Waals surface area contributed by atoms with Gasteiger partial charge in [0.1, 0.15) is 12.4 Å². The zero-order valence-electron chi connectivity index (χ0n) is 12.6. The largest absolute Gasteiger partial charge is 0.489 e. The zero-order valence-corrected chi connectivity index (χ0v) is 12.6. The second kappa shape index (κ2) is 8.07. The van der Waals surface area contributed by atoms with Gasteiger partial charge in [0, 0.05) is 18.5 Å². The van der Waals surface area contributed by atoms with Crippen molar-refractivity contribution in [2.24, 2.45) is 0 Å². The number of halogens is 2. The molecule has 0 spiro atoms. The highest BCUT2D eigenvalue weighted by Gasteiger charge is 2.09. The lowest BCUT2D eigenvalue weighted by Gasteiger charge is -2.15. The minimum atomic E-state index is -0.777. The van der Waals surface area contributed by atoms with Crippen molar-refractivity contribution >= 4 is 6.03 Å². The molecule has 1 atom stereocenters. The molecule has 1 aromatic heterocycles. The number of amides is 2. The van der Waals surface area contributed by atoms with Crippen LogP contribution in [0.2, 0.25) is 0 Å². The Labute approximate surface area is 132 Å². The maximum atomic E-state index is 13.3. The van der Waals surface area contributed by atoms with Crippen molar-refractivity contribution in [2.75, 3.05) is 13.2 Å². The van der Waals surface area contributed by atoms with Gasteiger partial charge in [0.15, 0.2) is 11.6 Å². The number of pyridine rings is 1. The highest BCUT2D eigenvalue weighted by atomic mass is 19.1. The molecule has 0 fully saturated rings. The fourth-order valence-electron chi connectivity index (χ4n) is 1.90. The van der Waals surface area contributed by atoms with Crippen molar-refractivity contribution in [1.29, 1.82) is 0 Å². The number of aromatic nitrogens is 1. The minimum Gasteiger partial charge on any atom is -0.489 e. The predicted molar refractivity (Wildman–Crippen MR) is 81.0 cm³/mol. The van der Waals surface area contributed by atoms with Crippen molar-refractivity contribution in [3.8, 4) is 5.75 Å². The summed E-state index contributed by atoms with van der Waals surface area (Å²) in [6.07, 6.45) is 3.30. The lowest BCUT2D eigenvalue weighted by Crippen LogP contribution is -2.39. The molecule has 0 saturated heterocycles. The van der Waals surface area contributed by atoms with E-state index >= 15 is 0 Å². The summed E-state index contributed by atoms with van der Waals surface area (Å²) in [5, 5.41) is 5.35. The van der Waals surface area contributed by atoms with Gasteiger partial charge < -0.3 is 15.4 Å². The average Bonchev–Trinajstić information content (AvgIpc) is 2.54. The van der Waals surface area contributed by atoms with E-state index in [1.165, 1.54) is 6.07 Å². The summed E-state index contributed by atoms with van der Waals surface area (Å²) in [5.74, 6) is -1.50. The summed E-state index contributed by atoms with van der Waals surface area (Å²) in [5.41, 5.74) is 0.930. The van der Waals surface area contributed by atoms with E-state index in [9.17, 15) is 13.6 Å². The highest BCUT2D eigenvalue weighted by Crippen LogP contribution is 2.17. The van der Waals surface area contributed by atoms with Crippen LogP contribution in [0, 0.1) is 11.6 Å². The van der Waals surface area contributed by atoms with Crippen LogP contribution in [0.3, 0.4) is 0 Å². The van der Waals surface area contributed by atoms with Crippen LogP contribution in [0.25, 0.3) is 0 Å². The molecule has 0 radical (unpaired) electrons. The lowest BCUT2D eigenvalue weighted by molar-refractivity contribution is 0.233. The van der Waals surface area contributed by atoms with Gasteiger partial charge >= 0.3 is 6.03 Å². The first-order chi connectivity index (χ1) is 11.1. The number of rotatable bonds is 6. The molecule has 7 heteroatoms. The van der Waals surface area contributed by atoms with Gasteiger partial charge in [-0.3, -0.25) is 4.98 Å². The molecule has 23 heavy (non-hydrogen) atoms. The number of carbonyl (C=O) groups excluding carboxylic acids is 1. The number of hydrogen-bond acceptors (Lipinski definition) is 3. The van der Waals surface area contributed by atoms with Crippen molar-refractivity contribution in [3.05, 3.63) is 59.9 Å². The first-order valence-corrected chi connectivity index (χ1v) is 7.08. The fraction of sp³-hybridized carbons (Fsp3) is 0.250. The van der Waals surface area contributed by atoms with Gasteiger partial charge in [0.2, 0.25) is 0 Å². The molecule has 0 aliphatic carbocycles. The molecule has 0 aliphatic rings. The van der Waals surface area contributed by atoms with E-state index in [1.54, 1.807) is 12.4 Å². The van der Waals surface area contributed by atoms with Gasteiger partial charge in [0.25, 0.3) is 0 Å². The molecule has 2 rings (SSSR count). The Bertz CT molecular complexity index is 653. The SMILES string of the molecule is C[C@@H](NC(=O)NCCOc1ccc(F)cc1F)c1ccncc1. The summed E-state index contributed by atoms with van der Waals surface area (Å²) in [6, 6.07) is 6.14. The minimum absolute atomic E-state index is 0.0567. The van der Waals surface area contributed by atoms with Crippen molar-refractivity contribution < 1.29 is 18.3 Å². The smallest absolute Gasteiger partial charge is 0.315 e. The first kappa shape index (κ1) is 16.7. The molecule has 1 aromatic carbocycles. The quantitative estimate of drug-likeness (QED) is 0.804. The normalized spacial score (nSPS) is 11.6. The van der Waals surface area contributed by atoms with Gasteiger partial charge in [-0.05, 0) is 36.8 Å². The van der Waals surface area contributed by atoms with E-state index < -0.39 is 11.6 Å². The summed E-state index contributed by atoms with van der Waals surface area (Å²) in [7, 11) is 0. The monoisotopic (exact) mass is 321 g/mol. The van der Waals surface area contributed by atoms with Crippen molar-refractivity contribution in [1.82, 2.24) is 15.6 Å². The van der Waals surface area contributed by atoms with Gasteiger partial charge in [-0.2, -0.15) is 0 Å². The highest BCUT2D eigenvalue weighted by molar-refractivity contribution is 5.74. The van der Waals surface area contributed by atoms with E-state index in [4.69, 9.17) is 4.74 Å². The number of benzene rings is 1. The van der Waals surface area contributed by atoms with Gasteiger partial charge in [0.05, 0.1) is 12.6 Å². The number of urea groups is 1. The number of hydrogen-bond donors (Lipinski definition) is 2. The fourth-order valence-corrected chi connectivity index (χ4v) is 1.90. The summed E-state index contributed by atoms with van der Waals surface area (Å²) in [6.45, 7) is 2.10. The Morgan fingerprint density at radius 1 is 1.26 bits per heavy atom. The molecule has 2 aromatic rings. The second-order valence-electron chi connectivity index (χ2n) is 4.83. The van der Waals surface area contributed by atoms with Crippen LogP contribution >= 0.6 is 0 Å². The molecule has 2 amide bonds. The standard InChI is InChI=1S/C16H17F2N3O2/c1-11(12-4-6-19-7-5-12)21-16(22)20-8-9-23-15-3-2-13(17)10-14(15)18/h2-7,10-11H,8-9H2,1H3,(H2,20,21,22)/t11-/m1/s1. The Morgan fingerprint density at radius 3 is 2.70 bits per heavy atom. The van der Waals surface area contributed by atoms with Crippen LogP contribution in [0.1, 0.15) is 18.5 Å². The van der Waals surface area contributed by atoms with Crippen molar-refractivity contribution in [2.45, 2.75) is 13.0 Å². The molecule has 1 heterocycles. The topological polar surface area (TPSA) is 63.2 Å². The van der Waals surface area contributed by atoms with E-state index in [-0.39, 0.29) is 31.0 Å². The summed E-state index contributed by atoms with van der Waals surface area (Å²) >= 11 is 0. The zero-order chi connectivity index (χ0) is 16.7. The van der Waals surface area contributed by atoms with Crippen LogP contribution in [0.4, 0.5) is 13.6 Å². The third-order valence-corrected chi connectivity index (χ3v) is 3.09. The Kier molecular flexibility index (Phi) is 5.85. The molecular weight excluding hydrogens is 304 g/mol. The number of carbonyl (C=O) groups is 1. The maximum absolute atomic E-state index is 13.3. The van der Waals surface area contributed by atoms with Gasteiger partial charge in [-0.15, -0.1) is 0 Å². The average molecular weight is 321 g/mol. The van der Waals surface area contributed by atoms with Crippen LogP contribution < -0.4 is 15.4 Å². The van der Waals surface area contributed by atoms with Gasteiger partial charge in [-0.25, -0.2) is 13.6 Å². The third-order valence-electron chi connectivity index (χ3n) is 3.09. The molecule has 122 valence electrons. The Balaban J connectivity index is 1.70. The lowest BCUT2D eigenvalue weighted by atomic mass is 10.1. The number of nitrogens with one attached hydrogen (secondary N) is 2. The van der Waals surface area contributed by atoms with Crippen LogP contribution in [0.15, 0.2) is 42.7 Å². The van der Waals surface area contributed by atoms with Gasteiger partial charge in [-0.1, -0.05) is 0 Å². The Morgan fingerprint density at radius 2 is 2.00 bits per heavy atom. The van der Waals surface area contributed by atoms with E-state index in [1.807, 2.05) is 19.1 Å². The van der Waals surface area contributed by atoms with Crippen LogP contribution in [0.5, 0.6) is 5.75 Å². The van der Waals surface area contributed by atoms with E-state index in [0.29, 0.717) is 0 Å². The van der Waals surface area contributed by atoms with Crippen LogP contribution in [-0.2, 0) is 0 Å². The molecule has 0 bridgehead atoms. The number of ether oxygens (including phenoxy) is 1. The van der Waals surface area contributed by atoms with Crippen LogP contribution in [-0.4, -0.2) is 24.2 Å². The molecule has 0 saturated carbocycles. The number of nitrogens with zero attached hydrogens (tertiary/aromatic N) is 1. The van der Waals surface area contributed by atoms with E-state index in [0.717, 1.165) is 17.7 Å². The van der Waals surface area contributed by atoms with Crippen molar-refractivity contribution in [3.63, 3.8) is 0 Å². The summed E-state index contributed by atoms with van der Waals surface area (Å²) in [4.78, 5) is 15.6. The summed E-state index contributed by atoms with van der Waals surface area (Å²) < 4.78 is 31.2. The molecule has 5 nitrogen and oxygen atoms in total. The Hall–Kier alpha value is -2.70. The second-order valence-corrected chi connectivity index (χ2v) is 4.83.